The molecular formula is C23H28N4OS2. The van der Waals surface area contributed by atoms with Crippen molar-refractivity contribution in [3.63, 3.8) is 0 Å². The van der Waals surface area contributed by atoms with E-state index in [4.69, 9.17) is 10.7 Å². The number of hydrogen-bond acceptors (Lipinski definition) is 6. The van der Waals surface area contributed by atoms with E-state index in [2.05, 4.69) is 29.5 Å². The molecule has 2 N–H and O–H groups in total. The van der Waals surface area contributed by atoms with E-state index >= 15 is 0 Å². The molecule has 0 spiro atoms. The fourth-order valence-electron chi connectivity index (χ4n) is 4.67. The normalized spacial score (nSPS) is 18.2. The summed E-state index contributed by atoms with van der Waals surface area (Å²) in [6.07, 6.45) is 6.98. The molecule has 0 atom stereocenters. The Morgan fingerprint density at radius 2 is 1.87 bits per heavy atom. The molecule has 158 valence electrons. The van der Waals surface area contributed by atoms with Crippen molar-refractivity contribution in [3.05, 3.63) is 33.6 Å². The van der Waals surface area contributed by atoms with Crippen molar-refractivity contribution in [3.8, 4) is 10.4 Å². The molecule has 1 saturated heterocycles. The van der Waals surface area contributed by atoms with E-state index in [-0.39, 0.29) is 5.91 Å². The summed E-state index contributed by atoms with van der Waals surface area (Å²) in [5, 5.41) is 3.12. The Morgan fingerprint density at radius 1 is 1.10 bits per heavy atom. The first kappa shape index (κ1) is 20.0. The molecule has 4 heterocycles. The molecule has 0 unspecified atom stereocenters. The number of fused-ring (bicyclic) bond motifs is 2. The average Bonchev–Trinajstić information content (AvgIpc) is 3.36. The monoisotopic (exact) mass is 440 g/mol. The average molecular weight is 441 g/mol. The highest BCUT2D eigenvalue weighted by Gasteiger charge is 2.28. The van der Waals surface area contributed by atoms with Gasteiger partial charge in [0, 0.05) is 47.7 Å². The maximum absolute atomic E-state index is 13.3. The third kappa shape index (κ3) is 3.53. The van der Waals surface area contributed by atoms with E-state index < -0.39 is 0 Å². The minimum atomic E-state index is 0.0631. The molecule has 1 aliphatic carbocycles. The van der Waals surface area contributed by atoms with Crippen LogP contribution in [0.1, 0.15) is 46.6 Å². The van der Waals surface area contributed by atoms with Crippen LogP contribution in [0.4, 0.5) is 5.69 Å². The number of aromatic nitrogens is 1. The van der Waals surface area contributed by atoms with Gasteiger partial charge in [-0.05, 0) is 49.7 Å². The Balaban J connectivity index is 1.66. The topological polar surface area (TPSA) is 62.5 Å². The van der Waals surface area contributed by atoms with Gasteiger partial charge in [-0.25, -0.2) is 4.98 Å². The summed E-state index contributed by atoms with van der Waals surface area (Å²) >= 11 is 3.24. The van der Waals surface area contributed by atoms with Gasteiger partial charge < -0.3 is 15.5 Å². The molecule has 1 amide bonds. The molecule has 1 aliphatic heterocycles. The van der Waals surface area contributed by atoms with Crippen LogP contribution in [-0.4, -0.2) is 53.9 Å². The smallest absolute Gasteiger partial charge is 0.266 e. The van der Waals surface area contributed by atoms with Crippen LogP contribution < -0.4 is 5.73 Å². The molecule has 0 radical (unpaired) electrons. The zero-order valence-electron chi connectivity index (χ0n) is 17.4. The second kappa shape index (κ2) is 8.29. The summed E-state index contributed by atoms with van der Waals surface area (Å²) in [6, 6.07) is 4.28. The number of likely N-dealkylation sites (N-methyl/N-ethyl adjacent to an activating group) is 1. The minimum Gasteiger partial charge on any atom is -0.397 e. The SMILES string of the molecule is CN1CCN(C(=O)c2sc3nc4c(c(-c5cccs5)c3c2N)CCCCCC4)CC1. The maximum Gasteiger partial charge on any atom is 0.266 e. The van der Waals surface area contributed by atoms with Crippen LogP contribution in [0.25, 0.3) is 20.7 Å². The summed E-state index contributed by atoms with van der Waals surface area (Å²) < 4.78 is 0. The number of rotatable bonds is 2. The van der Waals surface area contributed by atoms with Crippen molar-refractivity contribution in [1.82, 2.24) is 14.8 Å². The first-order valence-corrected chi connectivity index (χ1v) is 12.6. The van der Waals surface area contributed by atoms with Crippen molar-refractivity contribution in [2.75, 3.05) is 39.0 Å². The lowest BCUT2D eigenvalue weighted by Gasteiger charge is -2.32. The molecule has 3 aromatic heterocycles. The molecular weight excluding hydrogens is 412 g/mol. The molecule has 1 fully saturated rings. The van der Waals surface area contributed by atoms with E-state index in [9.17, 15) is 4.79 Å². The minimum absolute atomic E-state index is 0.0631. The Kier molecular flexibility index (Phi) is 5.52. The standard InChI is InChI=1S/C23H28N4OS2/c1-26-10-12-27(13-11-26)23(28)21-20(24)19-18(17-9-6-14-29-17)15-7-4-2-3-5-8-16(15)25-22(19)30-21/h6,9,14H,2-5,7-8,10-13,24H2,1H3. The number of pyridine rings is 1. The molecule has 0 bridgehead atoms. The van der Waals surface area contributed by atoms with E-state index in [0.717, 1.165) is 49.2 Å². The van der Waals surface area contributed by atoms with Gasteiger partial charge in [0.1, 0.15) is 9.71 Å². The third-order valence-corrected chi connectivity index (χ3v) is 8.38. The van der Waals surface area contributed by atoms with E-state index in [1.54, 1.807) is 11.3 Å². The molecule has 5 nitrogen and oxygen atoms in total. The zero-order chi connectivity index (χ0) is 20.7. The lowest BCUT2D eigenvalue weighted by Crippen LogP contribution is -2.47. The summed E-state index contributed by atoms with van der Waals surface area (Å²) in [5.41, 5.74) is 11.1. The summed E-state index contributed by atoms with van der Waals surface area (Å²) in [7, 11) is 2.10. The largest absolute Gasteiger partial charge is 0.397 e. The fourth-order valence-corrected chi connectivity index (χ4v) is 6.56. The lowest BCUT2D eigenvalue weighted by molar-refractivity contribution is 0.0670. The van der Waals surface area contributed by atoms with Gasteiger partial charge in [-0.15, -0.1) is 22.7 Å². The molecule has 0 saturated carbocycles. The summed E-state index contributed by atoms with van der Waals surface area (Å²) in [6.45, 7) is 3.32. The highest BCUT2D eigenvalue weighted by Crippen LogP contribution is 2.44. The van der Waals surface area contributed by atoms with Crippen molar-refractivity contribution >= 4 is 44.5 Å². The highest BCUT2D eigenvalue weighted by atomic mass is 32.1. The van der Waals surface area contributed by atoms with Crippen molar-refractivity contribution in [2.45, 2.75) is 38.5 Å². The van der Waals surface area contributed by atoms with Gasteiger partial charge in [-0.2, -0.15) is 0 Å². The molecule has 2 aliphatic rings. The second-order valence-corrected chi connectivity index (χ2v) is 10.4. The fraction of sp³-hybridized carbons (Fsp3) is 0.478. The number of nitrogen functional groups attached to an aromatic ring is 1. The number of nitrogens with two attached hydrogens (primary N) is 1. The number of carbonyl (C=O) groups is 1. The van der Waals surface area contributed by atoms with Gasteiger partial charge in [0.25, 0.3) is 5.91 Å². The molecule has 0 aromatic carbocycles. The van der Waals surface area contributed by atoms with Crippen LogP contribution in [0.2, 0.25) is 0 Å². The van der Waals surface area contributed by atoms with Gasteiger partial charge in [0.05, 0.1) is 5.69 Å². The van der Waals surface area contributed by atoms with Gasteiger partial charge in [0.15, 0.2) is 0 Å². The van der Waals surface area contributed by atoms with Crippen LogP contribution in [-0.2, 0) is 12.8 Å². The maximum atomic E-state index is 13.3. The third-order valence-electron chi connectivity index (χ3n) is 6.41. The highest BCUT2D eigenvalue weighted by molar-refractivity contribution is 7.21. The molecule has 3 aromatic rings. The zero-order valence-corrected chi connectivity index (χ0v) is 19.1. The van der Waals surface area contributed by atoms with E-state index in [1.807, 2.05) is 4.90 Å². The first-order chi connectivity index (χ1) is 14.6. The van der Waals surface area contributed by atoms with Gasteiger partial charge in [-0.1, -0.05) is 18.9 Å². The molecule has 30 heavy (non-hydrogen) atoms. The Bertz CT molecular complexity index is 1060. The number of aryl methyl sites for hydroxylation is 1. The van der Waals surface area contributed by atoms with Crippen LogP contribution in [0.15, 0.2) is 17.5 Å². The van der Waals surface area contributed by atoms with Gasteiger partial charge in [-0.3, -0.25) is 4.79 Å². The number of carbonyl (C=O) groups excluding carboxylic acids is 1. The Hall–Kier alpha value is -1.96. The van der Waals surface area contributed by atoms with Gasteiger partial charge >= 0.3 is 0 Å². The van der Waals surface area contributed by atoms with Crippen molar-refractivity contribution < 1.29 is 4.79 Å². The predicted molar refractivity (Wildman–Crippen MR) is 127 cm³/mol. The van der Waals surface area contributed by atoms with Crippen LogP contribution in [0.5, 0.6) is 0 Å². The van der Waals surface area contributed by atoms with Crippen molar-refractivity contribution in [1.29, 1.82) is 0 Å². The first-order valence-electron chi connectivity index (χ1n) is 10.9. The van der Waals surface area contributed by atoms with Crippen molar-refractivity contribution in [2.24, 2.45) is 0 Å². The van der Waals surface area contributed by atoms with Crippen LogP contribution in [0, 0.1) is 0 Å². The van der Waals surface area contributed by atoms with E-state index in [1.165, 1.54) is 58.7 Å². The second-order valence-electron chi connectivity index (χ2n) is 8.42. The summed E-state index contributed by atoms with van der Waals surface area (Å²) in [4.78, 5) is 25.4. The quantitative estimate of drug-likeness (QED) is 0.630. The van der Waals surface area contributed by atoms with Crippen LogP contribution >= 0.6 is 22.7 Å². The number of hydrogen-bond donors (Lipinski definition) is 1. The Labute approximate surface area is 185 Å². The number of anilines is 1. The molecule has 5 rings (SSSR count). The van der Waals surface area contributed by atoms with Crippen LogP contribution in [0.3, 0.4) is 0 Å². The Morgan fingerprint density at radius 3 is 2.60 bits per heavy atom. The lowest BCUT2D eigenvalue weighted by atomic mass is 9.91. The number of amides is 1. The van der Waals surface area contributed by atoms with Gasteiger partial charge in [0.2, 0.25) is 0 Å². The molecule has 7 heteroatoms. The number of thiophene rings is 2. The predicted octanol–water partition coefficient (Wildman–Crippen LogP) is 4.65. The number of nitrogens with zero attached hydrogens (tertiary/aromatic N) is 3. The van der Waals surface area contributed by atoms with E-state index in [0.29, 0.717) is 10.6 Å². The number of piperazine rings is 1. The summed E-state index contributed by atoms with van der Waals surface area (Å²) in [5.74, 6) is 0.0631.